The zero-order valence-corrected chi connectivity index (χ0v) is 21.9. The van der Waals surface area contributed by atoms with Gasteiger partial charge >= 0.3 is 0 Å². The van der Waals surface area contributed by atoms with E-state index >= 15 is 0 Å². The first-order chi connectivity index (χ1) is 17.7. The average molecular weight is 526 g/mol. The largest absolute Gasteiger partial charge is 0.501 e. The van der Waals surface area contributed by atoms with E-state index < -0.39 is 21.0 Å². The van der Waals surface area contributed by atoms with Crippen LogP contribution in [0.15, 0.2) is 59.7 Å². The summed E-state index contributed by atoms with van der Waals surface area (Å²) in [5.41, 5.74) is 9.39. The summed E-state index contributed by atoms with van der Waals surface area (Å²) < 4.78 is 36.0. The lowest BCUT2D eigenvalue weighted by atomic mass is 10.0. The molecule has 0 fully saturated rings. The van der Waals surface area contributed by atoms with Crippen LogP contribution >= 0.6 is 0 Å². The van der Waals surface area contributed by atoms with E-state index in [-0.39, 0.29) is 23.7 Å². The highest BCUT2D eigenvalue weighted by Crippen LogP contribution is 2.37. The second-order valence-corrected chi connectivity index (χ2v) is 10.9. The number of nitrogens with zero attached hydrogens (tertiary/aromatic N) is 4. The predicted octanol–water partition coefficient (Wildman–Crippen LogP) is 4.29. The number of hydrogen-bond acceptors (Lipinski definition) is 7. The van der Waals surface area contributed by atoms with Crippen LogP contribution in [0, 0.1) is 10.1 Å². The first-order valence-electron chi connectivity index (χ1n) is 12.1. The highest BCUT2D eigenvalue weighted by Gasteiger charge is 2.39. The van der Waals surface area contributed by atoms with Crippen molar-refractivity contribution in [1.82, 2.24) is 13.9 Å². The fraction of sp³-hybridized carbons (Fsp3) is 0.346. The van der Waals surface area contributed by atoms with E-state index in [2.05, 4.69) is 26.0 Å². The SMILES string of the molecule is CCO/C=C\c1nc(-c2ccc(C(C)C)cc2)n2c1C(CN)N(S(=O)(=O)c1ccc([N+](=O)[O-])cc1)CC2. The maximum Gasteiger partial charge on any atom is 0.269 e. The number of imidazole rings is 1. The van der Waals surface area contributed by atoms with Crippen molar-refractivity contribution in [3.63, 3.8) is 0 Å². The lowest BCUT2D eigenvalue weighted by Gasteiger charge is -2.35. The minimum absolute atomic E-state index is 0.0269. The molecule has 11 heteroatoms. The molecule has 37 heavy (non-hydrogen) atoms. The third kappa shape index (κ3) is 5.15. The van der Waals surface area contributed by atoms with Crippen LogP contribution in [0.5, 0.6) is 0 Å². The molecule has 1 aromatic heterocycles. The number of non-ortho nitro benzene ring substituents is 1. The number of nitrogens with two attached hydrogens (primary N) is 1. The van der Waals surface area contributed by atoms with Crippen LogP contribution in [-0.4, -0.2) is 46.9 Å². The molecule has 1 unspecified atom stereocenters. The summed E-state index contributed by atoms with van der Waals surface area (Å²) in [6.07, 6.45) is 3.28. The molecule has 196 valence electrons. The first-order valence-corrected chi connectivity index (χ1v) is 13.6. The summed E-state index contributed by atoms with van der Waals surface area (Å²) in [4.78, 5) is 15.3. The fourth-order valence-corrected chi connectivity index (χ4v) is 6.11. The van der Waals surface area contributed by atoms with Gasteiger partial charge in [0.1, 0.15) is 5.82 Å². The molecule has 0 radical (unpaired) electrons. The molecule has 10 nitrogen and oxygen atoms in total. The molecule has 3 aromatic rings. The van der Waals surface area contributed by atoms with Crippen molar-refractivity contribution in [2.24, 2.45) is 5.73 Å². The van der Waals surface area contributed by atoms with Crippen molar-refractivity contribution in [2.75, 3.05) is 19.7 Å². The number of sulfonamides is 1. The van der Waals surface area contributed by atoms with Gasteiger partial charge in [0.25, 0.3) is 5.69 Å². The van der Waals surface area contributed by atoms with Crippen molar-refractivity contribution < 1.29 is 18.1 Å². The molecule has 0 bridgehead atoms. The van der Waals surface area contributed by atoms with E-state index in [1.807, 2.05) is 23.6 Å². The van der Waals surface area contributed by atoms with E-state index in [9.17, 15) is 18.5 Å². The molecule has 1 atom stereocenters. The lowest BCUT2D eigenvalue weighted by Crippen LogP contribution is -2.45. The number of rotatable bonds is 9. The van der Waals surface area contributed by atoms with Gasteiger partial charge in [0.05, 0.1) is 40.1 Å². The van der Waals surface area contributed by atoms with E-state index in [1.54, 1.807) is 12.3 Å². The van der Waals surface area contributed by atoms with E-state index in [4.69, 9.17) is 15.5 Å². The Bertz CT molecular complexity index is 1400. The number of ether oxygens (including phenoxy) is 1. The Morgan fingerprint density at radius 2 is 1.84 bits per heavy atom. The summed E-state index contributed by atoms with van der Waals surface area (Å²) in [5.74, 6) is 1.13. The minimum Gasteiger partial charge on any atom is -0.501 e. The number of benzene rings is 2. The molecule has 0 amide bonds. The van der Waals surface area contributed by atoms with Gasteiger partial charge in [-0.1, -0.05) is 38.1 Å². The third-order valence-corrected chi connectivity index (χ3v) is 8.37. The molecule has 2 aromatic carbocycles. The van der Waals surface area contributed by atoms with Gasteiger partial charge in [0, 0.05) is 43.4 Å². The van der Waals surface area contributed by atoms with Crippen molar-refractivity contribution in [2.45, 2.75) is 44.2 Å². The Morgan fingerprint density at radius 3 is 2.41 bits per heavy atom. The maximum absolute atomic E-state index is 13.6. The van der Waals surface area contributed by atoms with Crippen molar-refractivity contribution >= 4 is 21.8 Å². The molecular weight excluding hydrogens is 494 g/mol. The molecule has 0 saturated heterocycles. The molecular formula is C26H31N5O5S. The molecule has 4 rings (SSSR count). The van der Waals surface area contributed by atoms with E-state index in [0.717, 1.165) is 11.4 Å². The molecule has 1 aliphatic heterocycles. The Labute approximate surface area is 216 Å². The van der Waals surface area contributed by atoms with Crippen LogP contribution in [0.1, 0.15) is 49.7 Å². The molecule has 2 heterocycles. The van der Waals surface area contributed by atoms with E-state index in [1.165, 1.54) is 34.1 Å². The Hall–Kier alpha value is -3.54. The van der Waals surface area contributed by atoms with Crippen LogP contribution in [0.2, 0.25) is 0 Å². The second kappa shape index (κ2) is 10.8. The van der Waals surface area contributed by atoms with Gasteiger partial charge in [-0.3, -0.25) is 10.1 Å². The number of nitro groups is 1. The highest BCUT2D eigenvalue weighted by atomic mass is 32.2. The molecule has 1 aliphatic rings. The summed E-state index contributed by atoms with van der Waals surface area (Å²) >= 11 is 0. The number of fused-ring (bicyclic) bond motifs is 1. The molecule has 0 aliphatic carbocycles. The lowest BCUT2D eigenvalue weighted by molar-refractivity contribution is -0.384. The van der Waals surface area contributed by atoms with Crippen molar-refractivity contribution in [3.05, 3.63) is 81.9 Å². The van der Waals surface area contributed by atoms with Crippen LogP contribution in [0.3, 0.4) is 0 Å². The van der Waals surface area contributed by atoms with Gasteiger partial charge in [-0.2, -0.15) is 4.31 Å². The standard InChI is InChI=1S/C26H31N5O5S/c1-4-36-16-13-23-25-24(17-27)30(37(34,35)22-11-9-21(10-12-22)31(32)33)15-14-29(25)26(28-23)20-7-5-19(6-8-20)18(2)3/h5-13,16,18,24H,4,14-15,17,27H2,1-3H3/b16-13-. The average Bonchev–Trinajstić information content (AvgIpc) is 3.27. The smallest absolute Gasteiger partial charge is 0.269 e. The topological polar surface area (TPSA) is 134 Å². The number of aromatic nitrogens is 2. The zero-order chi connectivity index (χ0) is 26.7. The quantitative estimate of drug-likeness (QED) is 0.250. The third-order valence-electron chi connectivity index (χ3n) is 6.44. The summed E-state index contributed by atoms with van der Waals surface area (Å²) in [6.45, 7) is 7.20. The molecule has 0 saturated carbocycles. The zero-order valence-electron chi connectivity index (χ0n) is 21.1. The van der Waals surface area contributed by atoms with Gasteiger partial charge in [-0.15, -0.1) is 0 Å². The summed E-state index contributed by atoms with van der Waals surface area (Å²) in [6, 6.07) is 12.4. The molecule has 0 spiro atoms. The fourth-order valence-electron chi connectivity index (χ4n) is 4.51. The number of nitro benzene ring substituents is 1. The Kier molecular flexibility index (Phi) is 7.76. The van der Waals surface area contributed by atoms with Crippen LogP contribution in [0.4, 0.5) is 5.69 Å². The van der Waals surface area contributed by atoms with Crippen LogP contribution < -0.4 is 5.73 Å². The number of hydrogen-bond donors (Lipinski definition) is 1. The van der Waals surface area contributed by atoms with Gasteiger partial charge in [-0.05, 0) is 30.5 Å². The predicted molar refractivity (Wildman–Crippen MR) is 141 cm³/mol. The Morgan fingerprint density at radius 1 is 1.16 bits per heavy atom. The monoisotopic (exact) mass is 525 g/mol. The highest BCUT2D eigenvalue weighted by molar-refractivity contribution is 7.89. The summed E-state index contributed by atoms with van der Waals surface area (Å²) in [7, 11) is -3.99. The van der Waals surface area contributed by atoms with Crippen LogP contribution in [0.25, 0.3) is 17.5 Å². The minimum atomic E-state index is -3.99. The van der Waals surface area contributed by atoms with E-state index in [0.29, 0.717) is 30.5 Å². The first kappa shape index (κ1) is 26.5. The van der Waals surface area contributed by atoms with Gasteiger partial charge in [0.15, 0.2) is 0 Å². The van der Waals surface area contributed by atoms with Gasteiger partial charge < -0.3 is 15.0 Å². The normalized spacial score (nSPS) is 16.3. The van der Waals surface area contributed by atoms with Crippen molar-refractivity contribution in [3.8, 4) is 11.4 Å². The van der Waals surface area contributed by atoms with Crippen molar-refractivity contribution in [1.29, 1.82) is 0 Å². The molecule has 2 N–H and O–H groups in total. The van der Waals surface area contributed by atoms with Crippen LogP contribution in [-0.2, 0) is 21.3 Å². The Balaban J connectivity index is 1.79. The van der Waals surface area contributed by atoms with Gasteiger partial charge in [0.2, 0.25) is 10.0 Å². The summed E-state index contributed by atoms with van der Waals surface area (Å²) in [5, 5.41) is 11.0. The maximum atomic E-state index is 13.6. The second-order valence-electron chi connectivity index (χ2n) is 9.01. The van der Waals surface area contributed by atoms with Gasteiger partial charge in [-0.25, -0.2) is 13.4 Å².